The predicted octanol–water partition coefficient (Wildman–Crippen LogP) is 4.27. The van der Waals surface area contributed by atoms with Gasteiger partial charge in [0.1, 0.15) is 17.3 Å². The molecule has 0 aliphatic rings. The van der Waals surface area contributed by atoms with Crippen LogP contribution >= 0.6 is 11.6 Å². The predicted molar refractivity (Wildman–Crippen MR) is 83.1 cm³/mol. The zero-order valence-electron chi connectivity index (χ0n) is 12.8. The molecule has 8 heteroatoms. The summed E-state index contributed by atoms with van der Waals surface area (Å²) in [5.74, 6) is -0.824. The number of aryl methyl sites for hydroxylation is 1. The normalized spacial score (nSPS) is 10.8. The van der Waals surface area contributed by atoms with Crippen molar-refractivity contribution in [2.24, 2.45) is 0 Å². The molecule has 0 saturated carbocycles. The molecule has 2 aromatic heterocycles. The second-order valence-corrected chi connectivity index (χ2v) is 5.22. The highest BCUT2D eigenvalue weighted by Crippen LogP contribution is 2.39. The van der Waals surface area contributed by atoms with Crippen LogP contribution in [0.4, 0.5) is 4.39 Å². The van der Waals surface area contributed by atoms with Gasteiger partial charge in [-0.2, -0.15) is 0 Å². The van der Waals surface area contributed by atoms with Crippen LogP contribution < -0.4 is 0 Å². The van der Waals surface area contributed by atoms with Crippen LogP contribution in [-0.4, -0.2) is 22.7 Å². The van der Waals surface area contributed by atoms with Gasteiger partial charge >= 0.3 is 5.97 Å². The second-order valence-electron chi connectivity index (χ2n) is 4.81. The Kier molecular flexibility index (Phi) is 4.35. The maximum absolute atomic E-state index is 14.2. The first-order valence-electron chi connectivity index (χ1n) is 7.06. The van der Waals surface area contributed by atoms with E-state index in [1.54, 1.807) is 13.8 Å². The molecule has 124 valence electrons. The van der Waals surface area contributed by atoms with Gasteiger partial charge in [0.05, 0.1) is 22.8 Å². The molecule has 0 N–H and O–H groups in total. The molecule has 6 nitrogen and oxygen atoms in total. The number of hydrogen-bond acceptors (Lipinski definition) is 6. The summed E-state index contributed by atoms with van der Waals surface area (Å²) in [6.07, 6.45) is 1.10. The van der Waals surface area contributed by atoms with Gasteiger partial charge in [0.15, 0.2) is 17.8 Å². The fraction of sp³-hybridized carbons (Fsp3) is 0.188. The van der Waals surface area contributed by atoms with E-state index in [-0.39, 0.29) is 34.3 Å². The number of ether oxygens (including phenoxy) is 1. The maximum Gasteiger partial charge on any atom is 0.360 e. The van der Waals surface area contributed by atoms with Gasteiger partial charge in [-0.15, -0.1) is 0 Å². The fourth-order valence-electron chi connectivity index (χ4n) is 2.30. The number of halogens is 2. The van der Waals surface area contributed by atoms with E-state index in [0.717, 1.165) is 6.39 Å². The molecule has 1 aromatic carbocycles. The van der Waals surface area contributed by atoms with Crippen molar-refractivity contribution in [3.8, 4) is 22.6 Å². The Labute approximate surface area is 141 Å². The summed E-state index contributed by atoms with van der Waals surface area (Å²) in [7, 11) is 0. The Morgan fingerprint density at radius 2 is 2.17 bits per heavy atom. The van der Waals surface area contributed by atoms with Crippen LogP contribution in [0.2, 0.25) is 5.02 Å². The minimum atomic E-state index is -0.660. The van der Waals surface area contributed by atoms with Crippen molar-refractivity contribution < 1.29 is 22.9 Å². The number of nitrogens with zero attached hydrogens (tertiary/aromatic N) is 2. The summed E-state index contributed by atoms with van der Waals surface area (Å²) in [6.45, 7) is 3.46. The smallest absolute Gasteiger partial charge is 0.360 e. The van der Waals surface area contributed by atoms with Crippen LogP contribution in [0, 0.1) is 12.7 Å². The number of rotatable bonds is 4. The molecule has 0 aliphatic heterocycles. The lowest BCUT2D eigenvalue weighted by Gasteiger charge is -2.05. The van der Waals surface area contributed by atoms with Crippen LogP contribution in [-0.2, 0) is 4.74 Å². The highest BCUT2D eigenvalue weighted by Gasteiger charge is 2.29. The number of oxazole rings is 1. The molecule has 0 fully saturated rings. The molecule has 0 atom stereocenters. The Morgan fingerprint density at radius 3 is 2.88 bits per heavy atom. The van der Waals surface area contributed by atoms with Crippen molar-refractivity contribution in [2.75, 3.05) is 6.61 Å². The van der Waals surface area contributed by atoms with E-state index in [2.05, 4.69) is 10.1 Å². The first kappa shape index (κ1) is 16.2. The molecule has 0 aliphatic carbocycles. The second kappa shape index (κ2) is 6.45. The summed E-state index contributed by atoms with van der Waals surface area (Å²) < 4.78 is 29.7. The van der Waals surface area contributed by atoms with Crippen molar-refractivity contribution in [3.63, 3.8) is 0 Å². The van der Waals surface area contributed by atoms with E-state index in [0.29, 0.717) is 11.3 Å². The summed E-state index contributed by atoms with van der Waals surface area (Å²) in [4.78, 5) is 15.9. The minimum Gasteiger partial charge on any atom is -0.461 e. The largest absolute Gasteiger partial charge is 0.461 e. The maximum atomic E-state index is 14.2. The number of carbonyl (C=O) groups is 1. The molecule has 0 spiro atoms. The molecule has 0 radical (unpaired) electrons. The van der Waals surface area contributed by atoms with Crippen molar-refractivity contribution in [3.05, 3.63) is 46.9 Å². The molecule has 0 bridgehead atoms. The van der Waals surface area contributed by atoms with Crippen molar-refractivity contribution in [2.45, 2.75) is 13.8 Å². The van der Waals surface area contributed by atoms with Crippen molar-refractivity contribution in [1.82, 2.24) is 10.1 Å². The Morgan fingerprint density at radius 1 is 1.38 bits per heavy atom. The molecular weight excluding hydrogens is 339 g/mol. The van der Waals surface area contributed by atoms with Crippen molar-refractivity contribution >= 4 is 17.6 Å². The van der Waals surface area contributed by atoms with Gasteiger partial charge in [0.25, 0.3) is 0 Å². The van der Waals surface area contributed by atoms with E-state index in [9.17, 15) is 9.18 Å². The zero-order chi connectivity index (χ0) is 17.3. The number of carbonyl (C=O) groups excluding carboxylic acids is 1. The van der Waals surface area contributed by atoms with Gasteiger partial charge in [-0.1, -0.05) is 22.8 Å². The van der Waals surface area contributed by atoms with Gasteiger partial charge in [-0.3, -0.25) is 0 Å². The van der Waals surface area contributed by atoms with Gasteiger partial charge in [-0.05, 0) is 26.0 Å². The molecule has 0 amide bonds. The van der Waals surface area contributed by atoms with E-state index >= 15 is 0 Å². The number of aromatic nitrogens is 2. The average Bonchev–Trinajstić information content (AvgIpc) is 3.14. The van der Waals surface area contributed by atoms with Gasteiger partial charge in [-0.25, -0.2) is 14.2 Å². The Bertz CT molecular complexity index is 883. The molecule has 24 heavy (non-hydrogen) atoms. The lowest BCUT2D eigenvalue weighted by molar-refractivity contribution is 0.0520. The molecule has 0 saturated heterocycles. The number of hydrogen-bond donors (Lipinski definition) is 0. The summed E-state index contributed by atoms with van der Waals surface area (Å²) >= 11 is 6.10. The van der Waals surface area contributed by atoms with Gasteiger partial charge in [0, 0.05) is 0 Å². The van der Waals surface area contributed by atoms with E-state index in [1.165, 1.54) is 18.2 Å². The highest BCUT2D eigenvalue weighted by molar-refractivity contribution is 6.33. The quantitative estimate of drug-likeness (QED) is 0.654. The number of esters is 1. The zero-order valence-corrected chi connectivity index (χ0v) is 13.6. The average molecular weight is 351 g/mol. The van der Waals surface area contributed by atoms with Crippen LogP contribution in [0.15, 0.2) is 33.5 Å². The van der Waals surface area contributed by atoms with Gasteiger partial charge in [0.2, 0.25) is 0 Å². The van der Waals surface area contributed by atoms with E-state index in [1.807, 2.05) is 0 Å². The third-order valence-corrected chi connectivity index (χ3v) is 3.64. The van der Waals surface area contributed by atoms with Crippen molar-refractivity contribution in [1.29, 1.82) is 0 Å². The summed E-state index contributed by atoms with van der Waals surface area (Å²) in [5, 5.41) is 4.03. The van der Waals surface area contributed by atoms with E-state index < -0.39 is 11.8 Å². The number of benzene rings is 1. The first-order chi connectivity index (χ1) is 11.5. The third-order valence-electron chi connectivity index (χ3n) is 3.33. The minimum absolute atomic E-state index is 0.0446. The lowest BCUT2D eigenvalue weighted by atomic mass is 10.0. The van der Waals surface area contributed by atoms with Gasteiger partial charge < -0.3 is 13.7 Å². The molecule has 3 aromatic rings. The standard InChI is InChI=1S/C16H12ClFN2O4/c1-3-22-16(21)14-15(23-7-19-14)11-8(2)24-20-13(11)12-9(17)5-4-6-10(12)18/h4-7H,3H2,1-2H3. The summed E-state index contributed by atoms with van der Waals surface area (Å²) in [6, 6.07) is 4.26. The topological polar surface area (TPSA) is 78.4 Å². The van der Waals surface area contributed by atoms with E-state index in [4.69, 9.17) is 25.3 Å². The molecular formula is C16H12ClFN2O4. The van der Waals surface area contributed by atoms with Crippen LogP contribution in [0.3, 0.4) is 0 Å². The van der Waals surface area contributed by atoms with Crippen LogP contribution in [0.1, 0.15) is 23.2 Å². The molecule has 3 rings (SSSR count). The Hall–Kier alpha value is -2.67. The first-order valence-corrected chi connectivity index (χ1v) is 7.44. The lowest BCUT2D eigenvalue weighted by Crippen LogP contribution is -2.06. The molecule has 0 unspecified atom stereocenters. The Balaban J connectivity index is 2.20. The highest BCUT2D eigenvalue weighted by atomic mass is 35.5. The fourth-order valence-corrected chi connectivity index (χ4v) is 2.56. The summed E-state index contributed by atoms with van der Waals surface area (Å²) in [5.41, 5.74) is 0.425. The SMILES string of the molecule is CCOC(=O)c1ncoc1-c1c(-c2c(F)cccc2Cl)noc1C. The van der Waals surface area contributed by atoms with Crippen LogP contribution in [0.5, 0.6) is 0 Å². The molecule has 2 heterocycles. The third kappa shape index (κ3) is 2.67. The monoisotopic (exact) mass is 350 g/mol. The van der Waals surface area contributed by atoms with Crippen LogP contribution in [0.25, 0.3) is 22.6 Å².